The number of aliphatic hydroxyl groups is 1. The fourth-order valence-electron chi connectivity index (χ4n) is 2.16. The molecule has 1 N–H and O–H groups in total. The standard InChI is InChI=1S/C10H18O/c1-4-9-8(3)5-7(2)6-10(9)11/h4,7-8,10-11H,5-6H2,1-3H3/b9-4-/t7-,8-,10+/m0/s1. The Morgan fingerprint density at radius 1 is 1.36 bits per heavy atom. The Hall–Kier alpha value is -0.300. The van der Waals surface area contributed by atoms with Crippen LogP contribution < -0.4 is 0 Å². The molecule has 3 atom stereocenters. The molecule has 1 aliphatic rings. The predicted octanol–water partition coefficient (Wildman–Crippen LogP) is 2.36. The van der Waals surface area contributed by atoms with Crippen molar-refractivity contribution in [2.75, 3.05) is 0 Å². The van der Waals surface area contributed by atoms with Crippen LogP contribution in [0.2, 0.25) is 0 Å². The van der Waals surface area contributed by atoms with Crippen LogP contribution in [-0.4, -0.2) is 11.2 Å². The molecule has 0 aliphatic heterocycles. The Morgan fingerprint density at radius 2 is 2.00 bits per heavy atom. The van der Waals surface area contributed by atoms with E-state index in [-0.39, 0.29) is 6.10 Å². The molecule has 0 radical (unpaired) electrons. The van der Waals surface area contributed by atoms with Crippen LogP contribution in [0.25, 0.3) is 0 Å². The van der Waals surface area contributed by atoms with Gasteiger partial charge < -0.3 is 5.11 Å². The molecule has 1 aliphatic carbocycles. The van der Waals surface area contributed by atoms with E-state index in [9.17, 15) is 5.11 Å². The van der Waals surface area contributed by atoms with Gasteiger partial charge >= 0.3 is 0 Å². The molecule has 0 unspecified atom stereocenters. The first-order valence-electron chi connectivity index (χ1n) is 4.49. The van der Waals surface area contributed by atoms with Gasteiger partial charge in [-0.3, -0.25) is 0 Å². The molecule has 1 fully saturated rings. The SMILES string of the molecule is C/C=C1\[C@H](O)C[C@@H](C)C[C@@H]1C. The van der Waals surface area contributed by atoms with Crippen LogP contribution in [0.4, 0.5) is 0 Å². The Kier molecular flexibility index (Phi) is 2.72. The molecule has 0 aromatic carbocycles. The highest BCUT2D eigenvalue weighted by Gasteiger charge is 2.26. The summed E-state index contributed by atoms with van der Waals surface area (Å²) in [5, 5.41) is 9.64. The van der Waals surface area contributed by atoms with Gasteiger partial charge in [0.05, 0.1) is 6.10 Å². The Morgan fingerprint density at radius 3 is 2.45 bits per heavy atom. The maximum Gasteiger partial charge on any atom is 0.0755 e. The minimum absolute atomic E-state index is 0.168. The summed E-state index contributed by atoms with van der Waals surface area (Å²) in [7, 11) is 0. The lowest BCUT2D eigenvalue weighted by molar-refractivity contribution is 0.135. The van der Waals surface area contributed by atoms with Gasteiger partial charge in [-0.1, -0.05) is 19.9 Å². The molecular formula is C10H18O. The van der Waals surface area contributed by atoms with Crippen molar-refractivity contribution in [3.63, 3.8) is 0 Å². The van der Waals surface area contributed by atoms with Gasteiger partial charge in [-0.25, -0.2) is 0 Å². The summed E-state index contributed by atoms with van der Waals surface area (Å²) in [5.74, 6) is 1.27. The van der Waals surface area contributed by atoms with Crippen LogP contribution in [-0.2, 0) is 0 Å². The molecule has 0 heterocycles. The van der Waals surface area contributed by atoms with Gasteiger partial charge in [-0.05, 0) is 37.2 Å². The van der Waals surface area contributed by atoms with Gasteiger partial charge in [0.25, 0.3) is 0 Å². The minimum Gasteiger partial charge on any atom is -0.389 e. The number of aliphatic hydroxyl groups excluding tert-OH is 1. The van der Waals surface area contributed by atoms with E-state index in [0.717, 1.165) is 6.42 Å². The molecular weight excluding hydrogens is 136 g/mol. The van der Waals surface area contributed by atoms with Crippen LogP contribution in [0.3, 0.4) is 0 Å². The lowest BCUT2D eigenvalue weighted by Crippen LogP contribution is -2.26. The van der Waals surface area contributed by atoms with E-state index < -0.39 is 0 Å². The van der Waals surface area contributed by atoms with E-state index in [1.807, 2.05) is 6.92 Å². The smallest absolute Gasteiger partial charge is 0.0755 e. The molecule has 1 nitrogen and oxygen atoms in total. The highest BCUT2D eigenvalue weighted by Crippen LogP contribution is 2.32. The molecule has 64 valence electrons. The van der Waals surface area contributed by atoms with Crippen molar-refractivity contribution in [1.82, 2.24) is 0 Å². The van der Waals surface area contributed by atoms with Gasteiger partial charge in [0.2, 0.25) is 0 Å². The zero-order valence-corrected chi connectivity index (χ0v) is 7.67. The molecule has 0 bridgehead atoms. The summed E-state index contributed by atoms with van der Waals surface area (Å²) in [5.41, 5.74) is 1.24. The zero-order valence-electron chi connectivity index (χ0n) is 7.67. The van der Waals surface area contributed by atoms with Gasteiger partial charge in [0.15, 0.2) is 0 Å². The van der Waals surface area contributed by atoms with E-state index in [1.165, 1.54) is 12.0 Å². The predicted molar refractivity (Wildman–Crippen MR) is 47.3 cm³/mol. The normalized spacial score (nSPS) is 42.9. The third-order valence-electron chi connectivity index (χ3n) is 2.67. The molecule has 0 aromatic rings. The molecule has 1 rings (SSSR count). The first-order chi connectivity index (χ1) is 5.15. The summed E-state index contributed by atoms with van der Waals surface area (Å²) in [6.45, 7) is 6.44. The summed E-state index contributed by atoms with van der Waals surface area (Å²) in [4.78, 5) is 0. The quantitative estimate of drug-likeness (QED) is 0.531. The minimum atomic E-state index is -0.168. The highest BCUT2D eigenvalue weighted by molar-refractivity contribution is 5.13. The van der Waals surface area contributed by atoms with Crippen LogP contribution in [0, 0.1) is 11.8 Å². The fraction of sp³-hybridized carbons (Fsp3) is 0.800. The van der Waals surface area contributed by atoms with Crippen molar-refractivity contribution in [2.24, 2.45) is 11.8 Å². The number of rotatable bonds is 0. The second kappa shape index (κ2) is 3.40. The average Bonchev–Trinajstić information content (AvgIpc) is 1.85. The van der Waals surface area contributed by atoms with Gasteiger partial charge in [0.1, 0.15) is 0 Å². The van der Waals surface area contributed by atoms with Crippen molar-refractivity contribution in [2.45, 2.75) is 39.7 Å². The maximum atomic E-state index is 9.64. The largest absolute Gasteiger partial charge is 0.389 e. The van der Waals surface area contributed by atoms with Gasteiger partial charge in [-0.15, -0.1) is 0 Å². The van der Waals surface area contributed by atoms with E-state index in [4.69, 9.17) is 0 Å². The van der Waals surface area contributed by atoms with E-state index in [0.29, 0.717) is 11.8 Å². The van der Waals surface area contributed by atoms with Crippen molar-refractivity contribution in [3.8, 4) is 0 Å². The lowest BCUT2D eigenvalue weighted by Gasteiger charge is -2.31. The van der Waals surface area contributed by atoms with E-state index in [1.54, 1.807) is 0 Å². The topological polar surface area (TPSA) is 20.2 Å². The summed E-state index contributed by atoms with van der Waals surface area (Å²) in [6.07, 6.45) is 4.08. The van der Waals surface area contributed by atoms with Crippen molar-refractivity contribution < 1.29 is 5.11 Å². The Balaban J connectivity index is 2.67. The molecule has 0 spiro atoms. The molecule has 0 aromatic heterocycles. The van der Waals surface area contributed by atoms with Crippen LogP contribution in [0.5, 0.6) is 0 Å². The number of allylic oxidation sites excluding steroid dienone is 1. The van der Waals surface area contributed by atoms with Crippen LogP contribution in [0.15, 0.2) is 11.6 Å². The van der Waals surface area contributed by atoms with Crippen molar-refractivity contribution in [3.05, 3.63) is 11.6 Å². The first kappa shape index (κ1) is 8.79. The van der Waals surface area contributed by atoms with Crippen molar-refractivity contribution in [1.29, 1.82) is 0 Å². The zero-order chi connectivity index (χ0) is 8.43. The monoisotopic (exact) mass is 154 g/mol. The van der Waals surface area contributed by atoms with Crippen molar-refractivity contribution >= 4 is 0 Å². The Labute approximate surface area is 69.1 Å². The summed E-state index contributed by atoms with van der Waals surface area (Å²) in [6, 6.07) is 0. The molecule has 0 saturated heterocycles. The van der Waals surface area contributed by atoms with Crippen LogP contribution in [0.1, 0.15) is 33.6 Å². The van der Waals surface area contributed by atoms with E-state index in [2.05, 4.69) is 19.9 Å². The van der Waals surface area contributed by atoms with Gasteiger partial charge in [0, 0.05) is 0 Å². The Bertz CT molecular complexity index is 146. The van der Waals surface area contributed by atoms with Crippen LogP contribution >= 0.6 is 0 Å². The first-order valence-corrected chi connectivity index (χ1v) is 4.49. The maximum absolute atomic E-state index is 9.64. The molecule has 1 heteroatoms. The third kappa shape index (κ3) is 1.84. The summed E-state index contributed by atoms with van der Waals surface area (Å²) < 4.78 is 0. The van der Waals surface area contributed by atoms with Gasteiger partial charge in [-0.2, -0.15) is 0 Å². The highest BCUT2D eigenvalue weighted by atomic mass is 16.3. The number of hydrogen-bond acceptors (Lipinski definition) is 1. The number of hydrogen-bond donors (Lipinski definition) is 1. The second-order valence-corrected chi connectivity index (χ2v) is 3.78. The fourth-order valence-corrected chi connectivity index (χ4v) is 2.16. The van der Waals surface area contributed by atoms with E-state index >= 15 is 0 Å². The molecule has 0 amide bonds. The lowest BCUT2D eigenvalue weighted by atomic mass is 9.78. The third-order valence-corrected chi connectivity index (χ3v) is 2.67. The summed E-state index contributed by atoms with van der Waals surface area (Å²) >= 11 is 0. The molecule has 11 heavy (non-hydrogen) atoms. The molecule has 1 saturated carbocycles. The average molecular weight is 154 g/mol. The second-order valence-electron chi connectivity index (χ2n) is 3.78.